The Bertz CT molecular complexity index is 420. The minimum atomic E-state index is -3.31. The van der Waals surface area contributed by atoms with E-state index in [1.807, 2.05) is 0 Å². The first-order chi connectivity index (χ1) is 5.47. The molecule has 5 nitrogen and oxygen atoms in total. The lowest BCUT2D eigenvalue weighted by atomic mass is 10.5. The largest absolute Gasteiger partial charge is 0.347 e. The predicted octanol–water partition coefficient (Wildman–Crippen LogP) is -0.254. The van der Waals surface area contributed by atoms with Crippen LogP contribution in [0.1, 0.15) is 0 Å². The van der Waals surface area contributed by atoms with Crippen LogP contribution in [0.3, 0.4) is 0 Å². The van der Waals surface area contributed by atoms with Crippen molar-refractivity contribution in [1.82, 2.24) is 4.98 Å². The third kappa shape index (κ3) is 2.75. The summed E-state index contributed by atoms with van der Waals surface area (Å²) in [4.78, 5) is 13.3. The van der Waals surface area contributed by atoms with Gasteiger partial charge in [-0.1, -0.05) is 0 Å². The minimum Gasteiger partial charge on any atom is -0.347 e. The van der Waals surface area contributed by atoms with Gasteiger partial charge in [-0.2, -0.15) is 0 Å². The van der Waals surface area contributed by atoms with E-state index in [1.165, 1.54) is 18.3 Å². The normalized spacial score (nSPS) is 11.1. The summed E-state index contributed by atoms with van der Waals surface area (Å²) in [5, 5.41) is 0. The Morgan fingerprint density at radius 2 is 2.17 bits per heavy atom. The molecule has 0 aliphatic rings. The molecule has 2 N–H and O–H groups in total. The Morgan fingerprint density at radius 1 is 1.50 bits per heavy atom. The van der Waals surface area contributed by atoms with Crippen LogP contribution >= 0.6 is 0 Å². The average molecular weight is 188 g/mol. The molecule has 0 aliphatic heterocycles. The molecule has 0 saturated heterocycles. The summed E-state index contributed by atoms with van der Waals surface area (Å²) in [5.41, 5.74) is -0.250. The lowest BCUT2D eigenvalue weighted by molar-refractivity contribution is 0.606. The van der Waals surface area contributed by atoms with Crippen LogP contribution in [0, 0.1) is 0 Å². The summed E-state index contributed by atoms with van der Waals surface area (Å²) < 4.78 is 23.5. The van der Waals surface area contributed by atoms with Crippen LogP contribution in [0.2, 0.25) is 0 Å². The van der Waals surface area contributed by atoms with Crippen molar-refractivity contribution in [1.29, 1.82) is 0 Å². The maximum atomic E-state index is 10.7. The summed E-state index contributed by atoms with van der Waals surface area (Å²) >= 11 is 0. The van der Waals surface area contributed by atoms with E-state index in [4.69, 9.17) is 0 Å². The Morgan fingerprint density at radius 3 is 2.67 bits per heavy atom. The standard InChI is InChI=1S/C6H8N2O3S/c1-12(10,11)8-6-4-5(9)2-3-7-6/h2-4H,1H3,(H2,7,8,9). The van der Waals surface area contributed by atoms with Crippen LogP contribution in [0.5, 0.6) is 0 Å². The number of rotatable bonds is 2. The number of nitrogens with one attached hydrogen (secondary N) is 2. The Kier molecular flexibility index (Phi) is 2.18. The zero-order valence-electron chi connectivity index (χ0n) is 6.37. The lowest BCUT2D eigenvalue weighted by Gasteiger charge is -2.00. The fourth-order valence-electron chi connectivity index (χ4n) is 0.704. The molecule has 0 bridgehead atoms. The van der Waals surface area contributed by atoms with E-state index in [1.54, 1.807) is 0 Å². The van der Waals surface area contributed by atoms with Crippen molar-refractivity contribution < 1.29 is 8.42 Å². The molecule has 0 aromatic carbocycles. The molecule has 1 aromatic heterocycles. The molecule has 1 rings (SSSR count). The molecule has 0 fully saturated rings. The molecule has 0 unspecified atom stereocenters. The number of aromatic amines is 1. The van der Waals surface area contributed by atoms with Crippen LogP contribution in [0.4, 0.5) is 5.82 Å². The highest BCUT2D eigenvalue weighted by Gasteiger charge is 2.00. The van der Waals surface area contributed by atoms with Crippen molar-refractivity contribution in [2.75, 3.05) is 11.0 Å². The molecular weight excluding hydrogens is 180 g/mol. The molecular formula is C6H8N2O3S. The van der Waals surface area contributed by atoms with E-state index >= 15 is 0 Å². The maximum absolute atomic E-state index is 10.7. The first-order valence-electron chi connectivity index (χ1n) is 3.14. The minimum absolute atomic E-state index is 0.171. The van der Waals surface area contributed by atoms with Crippen molar-refractivity contribution >= 4 is 15.8 Å². The van der Waals surface area contributed by atoms with Gasteiger partial charge < -0.3 is 4.98 Å². The number of sulfonamides is 1. The molecule has 0 spiro atoms. The maximum Gasteiger partial charge on any atom is 0.230 e. The molecule has 1 aromatic rings. The van der Waals surface area contributed by atoms with Crippen LogP contribution in [-0.4, -0.2) is 19.7 Å². The van der Waals surface area contributed by atoms with Crippen LogP contribution in [0.15, 0.2) is 23.1 Å². The van der Waals surface area contributed by atoms with E-state index in [9.17, 15) is 13.2 Å². The average Bonchev–Trinajstić information content (AvgIpc) is 1.82. The van der Waals surface area contributed by atoms with Gasteiger partial charge in [0.2, 0.25) is 10.0 Å². The number of hydrogen-bond donors (Lipinski definition) is 2. The van der Waals surface area contributed by atoms with Crippen LogP contribution in [0.25, 0.3) is 0 Å². The van der Waals surface area contributed by atoms with Gasteiger partial charge in [-0.25, -0.2) is 8.42 Å². The highest BCUT2D eigenvalue weighted by atomic mass is 32.2. The van der Waals surface area contributed by atoms with Gasteiger partial charge in [0.15, 0.2) is 5.43 Å². The SMILES string of the molecule is CS(=O)(=O)Nc1cc(=O)cc[nH]1. The predicted molar refractivity (Wildman–Crippen MR) is 45.5 cm³/mol. The van der Waals surface area contributed by atoms with Gasteiger partial charge in [0, 0.05) is 18.3 Å². The second kappa shape index (κ2) is 2.98. The highest BCUT2D eigenvalue weighted by Crippen LogP contribution is 1.97. The molecule has 0 amide bonds. The molecule has 0 radical (unpaired) electrons. The van der Waals surface area contributed by atoms with E-state index in [-0.39, 0.29) is 11.2 Å². The van der Waals surface area contributed by atoms with Crippen molar-refractivity contribution in [3.05, 3.63) is 28.6 Å². The van der Waals surface area contributed by atoms with E-state index in [0.29, 0.717) is 0 Å². The van der Waals surface area contributed by atoms with Gasteiger partial charge in [-0.05, 0) is 0 Å². The molecule has 0 aliphatic carbocycles. The second-order valence-corrected chi connectivity index (χ2v) is 4.06. The highest BCUT2D eigenvalue weighted by molar-refractivity contribution is 7.92. The lowest BCUT2D eigenvalue weighted by Crippen LogP contribution is -2.12. The van der Waals surface area contributed by atoms with Crippen molar-refractivity contribution in [3.63, 3.8) is 0 Å². The van der Waals surface area contributed by atoms with E-state index in [0.717, 1.165) is 6.26 Å². The monoisotopic (exact) mass is 188 g/mol. The van der Waals surface area contributed by atoms with E-state index in [2.05, 4.69) is 9.71 Å². The Labute approximate surface area is 69.5 Å². The van der Waals surface area contributed by atoms with Gasteiger partial charge in [-0.3, -0.25) is 9.52 Å². The van der Waals surface area contributed by atoms with E-state index < -0.39 is 10.0 Å². The first-order valence-corrected chi connectivity index (χ1v) is 5.03. The topological polar surface area (TPSA) is 79.0 Å². The smallest absolute Gasteiger partial charge is 0.230 e. The van der Waals surface area contributed by atoms with Crippen molar-refractivity contribution in [2.24, 2.45) is 0 Å². The fraction of sp³-hybridized carbons (Fsp3) is 0.167. The number of aromatic nitrogens is 1. The number of anilines is 1. The zero-order valence-corrected chi connectivity index (χ0v) is 7.18. The van der Waals surface area contributed by atoms with Crippen molar-refractivity contribution in [3.8, 4) is 0 Å². The summed E-state index contributed by atoms with van der Waals surface area (Å²) in [6, 6.07) is 2.47. The molecule has 1 heterocycles. The van der Waals surface area contributed by atoms with Gasteiger partial charge >= 0.3 is 0 Å². The quantitative estimate of drug-likeness (QED) is 0.671. The van der Waals surface area contributed by atoms with Gasteiger partial charge in [0.1, 0.15) is 5.82 Å². The molecule has 0 atom stereocenters. The summed E-state index contributed by atoms with van der Waals surface area (Å²) in [7, 11) is -3.31. The number of hydrogen-bond acceptors (Lipinski definition) is 3. The van der Waals surface area contributed by atoms with Gasteiger partial charge in [-0.15, -0.1) is 0 Å². The molecule has 6 heteroatoms. The fourth-order valence-corrected chi connectivity index (χ4v) is 1.22. The van der Waals surface area contributed by atoms with Gasteiger partial charge in [0.25, 0.3) is 0 Å². The summed E-state index contributed by atoms with van der Waals surface area (Å²) in [6.45, 7) is 0. The zero-order chi connectivity index (χ0) is 9.19. The summed E-state index contributed by atoms with van der Waals surface area (Å²) in [5.74, 6) is 0.171. The van der Waals surface area contributed by atoms with Gasteiger partial charge in [0.05, 0.1) is 6.26 Å². The molecule has 0 saturated carbocycles. The third-order valence-electron chi connectivity index (χ3n) is 1.07. The second-order valence-electron chi connectivity index (χ2n) is 2.31. The number of pyridine rings is 1. The van der Waals surface area contributed by atoms with Crippen LogP contribution < -0.4 is 10.2 Å². The Balaban J connectivity index is 2.99. The number of H-pyrrole nitrogens is 1. The third-order valence-corrected chi connectivity index (χ3v) is 1.66. The van der Waals surface area contributed by atoms with Crippen molar-refractivity contribution in [2.45, 2.75) is 0 Å². The van der Waals surface area contributed by atoms with Crippen LogP contribution in [-0.2, 0) is 10.0 Å². The first kappa shape index (κ1) is 8.79. The summed E-state index contributed by atoms with van der Waals surface area (Å²) in [6.07, 6.45) is 2.38. The molecule has 12 heavy (non-hydrogen) atoms. The Hall–Kier alpha value is -1.30. The molecule has 66 valence electrons.